The third-order valence-corrected chi connectivity index (χ3v) is 5.24. The summed E-state index contributed by atoms with van der Waals surface area (Å²) in [5.74, 6) is 0.449. The van der Waals surface area contributed by atoms with E-state index in [1.165, 1.54) is 10.5 Å². The Morgan fingerprint density at radius 2 is 1.70 bits per heavy atom. The molecular weight excluding hydrogens is 311 g/mol. The molecule has 0 radical (unpaired) electrons. The Hall–Kier alpha value is -0.670. The van der Waals surface area contributed by atoms with Gasteiger partial charge in [-0.2, -0.15) is 0 Å². The third-order valence-electron chi connectivity index (χ3n) is 3.06. The highest BCUT2D eigenvalue weighted by Crippen LogP contribution is 2.41. The molecule has 0 aromatic heterocycles. The number of hydrogen-bond donors (Lipinski definition) is 1. The molecule has 0 saturated carbocycles. The van der Waals surface area contributed by atoms with Crippen LogP contribution in [0.3, 0.4) is 0 Å². The molecule has 0 bridgehead atoms. The van der Waals surface area contributed by atoms with Crippen molar-refractivity contribution in [1.29, 1.82) is 0 Å². The fraction of sp³-hybridized carbons (Fsp3) is 0.250. The summed E-state index contributed by atoms with van der Waals surface area (Å²) in [6, 6.07) is 12.0. The predicted molar refractivity (Wildman–Crippen MR) is 87.0 cm³/mol. The second kappa shape index (κ2) is 6.86. The van der Waals surface area contributed by atoms with Gasteiger partial charge in [-0.25, -0.2) is 0 Å². The molecule has 1 nitrogen and oxygen atoms in total. The largest absolute Gasteiger partial charge is 0.392 e. The maximum absolute atomic E-state index is 9.19. The van der Waals surface area contributed by atoms with Crippen molar-refractivity contribution >= 4 is 35.0 Å². The number of aliphatic hydroxyl groups excluding tert-OH is 1. The Morgan fingerprint density at radius 1 is 1.00 bits per heavy atom. The summed E-state index contributed by atoms with van der Waals surface area (Å²) in [6.45, 7) is 4.23. The summed E-state index contributed by atoms with van der Waals surface area (Å²) in [6.07, 6.45) is 0. The standard InChI is InChI=1S/C16H16Cl2OS/c1-10(2)12-5-3-4-6-13(12)20-14-8-7-11(9-19)15(17)16(14)18/h3-8,10,19H,9H2,1-2H3. The third kappa shape index (κ3) is 3.32. The Morgan fingerprint density at radius 3 is 2.35 bits per heavy atom. The number of benzene rings is 2. The van der Waals surface area contributed by atoms with Crippen LogP contribution < -0.4 is 0 Å². The minimum atomic E-state index is -0.105. The van der Waals surface area contributed by atoms with E-state index in [4.69, 9.17) is 23.2 Å². The molecule has 0 saturated heterocycles. The molecule has 2 aromatic carbocycles. The van der Waals surface area contributed by atoms with E-state index in [0.717, 1.165) is 4.90 Å². The zero-order chi connectivity index (χ0) is 14.7. The average molecular weight is 327 g/mol. The van der Waals surface area contributed by atoms with E-state index in [1.54, 1.807) is 11.8 Å². The van der Waals surface area contributed by atoms with Crippen molar-refractivity contribution in [1.82, 2.24) is 0 Å². The van der Waals surface area contributed by atoms with Crippen LogP contribution in [-0.2, 0) is 6.61 Å². The summed E-state index contributed by atoms with van der Waals surface area (Å²) < 4.78 is 0. The van der Waals surface area contributed by atoms with Crippen molar-refractivity contribution in [3.63, 3.8) is 0 Å². The van der Waals surface area contributed by atoms with Crippen molar-refractivity contribution in [2.45, 2.75) is 36.2 Å². The molecule has 2 rings (SSSR count). The lowest BCUT2D eigenvalue weighted by Gasteiger charge is -2.14. The van der Waals surface area contributed by atoms with E-state index in [9.17, 15) is 5.11 Å². The minimum Gasteiger partial charge on any atom is -0.392 e. The van der Waals surface area contributed by atoms with Crippen molar-refractivity contribution < 1.29 is 5.11 Å². The quantitative estimate of drug-likeness (QED) is 0.770. The van der Waals surface area contributed by atoms with E-state index in [0.29, 0.717) is 21.5 Å². The number of hydrogen-bond acceptors (Lipinski definition) is 2. The maximum Gasteiger partial charge on any atom is 0.0735 e. The molecule has 2 aromatic rings. The Bertz CT molecular complexity index is 611. The molecule has 4 heteroatoms. The number of rotatable bonds is 4. The summed E-state index contributed by atoms with van der Waals surface area (Å²) in [5, 5.41) is 10.1. The monoisotopic (exact) mass is 326 g/mol. The molecule has 0 atom stereocenters. The van der Waals surface area contributed by atoms with E-state index in [-0.39, 0.29) is 6.61 Å². The molecule has 0 heterocycles. The Kier molecular flexibility index (Phi) is 5.39. The molecule has 0 aliphatic carbocycles. The van der Waals surface area contributed by atoms with Gasteiger partial charge in [0.05, 0.1) is 16.7 Å². The highest BCUT2D eigenvalue weighted by Gasteiger charge is 2.13. The van der Waals surface area contributed by atoms with Crippen LogP contribution in [0.4, 0.5) is 0 Å². The van der Waals surface area contributed by atoms with Crippen molar-refractivity contribution in [3.05, 3.63) is 57.6 Å². The van der Waals surface area contributed by atoms with Gasteiger partial charge < -0.3 is 5.11 Å². The smallest absolute Gasteiger partial charge is 0.0735 e. The van der Waals surface area contributed by atoms with Gasteiger partial charge >= 0.3 is 0 Å². The van der Waals surface area contributed by atoms with Crippen LogP contribution in [0.2, 0.25) is 10.0 Å². The summed E-state index contributed by atoms with van der Waals surface area (Å²) in [7, 11) is 0. The Labute approximate surface area is 133 Å². The summed E-state index contributed by atoms with van der Waals surface area (Å²) in [5.41, 5.74) is 1.94. The van der Waals surface area contributed by atoms with Gasteiger partial charge in [-0.15, -0.1) is 0 Å². The highest BCUT2D eigenvalue weighted by molar-refractivity contribution is 7.99. The van der Waals surface area contributed by atoms with Crippen molar-refractivity contribution in [2.24, 2.45) is 0 Å². The SMILES string of the molecule is CC(C)c1ccccc1Sc1ccc(CO)c(Cl)c1Cl. The molecule has 1 N–H and O–H groups in total. The second-order valence-corrected chi connectivity index (χ2v) is 6.64. The van der Waals surface area contributed by atoms with Crippen LogP contribution in [0.25, 0.3) is 0 Å². The predicted octanol–water partition coefficient (Wildman–Crippen LogP) is 5.76. The van der Waals surface area contributed by atoms with E-state index in [2.05, 4.69) is 26.0 Å². The molecule has 0 amide bonds. The molecule has 0 unspecified atom stereocenters. The van der Waals surface area contributed by atoms with Gasteiger partial charge in [0.1, 0.15) is 0 Å². The fourth-order valence-electron chi connectivity index (χ4n) is 1.94. The summed E-state index contributed by atoms with van der Waals surface area (Å²) in [4.78, 5) is 2.08. The molecule has 106 valence electrons. The zero-order valence-corrected chi connectivity index (χ0v) is 13.7. The van der Waals surface area contributed by atoms with Gasteiger partial charge in [-0.1, -0.05) is 73.1 Å². The lowest BCUT2D eigenvalue weighted by molar-refractivity contribution is 0.282. The van der Waals surface area contributed by atoms with Crippen LogP contribution in [0.1, 0.15) is 30.9 Å². The van der Waals surface area contributed by atoms with E-state index in [1.807, 2.05) is 24.3 Å². The van der Waals surface area contributed by atoms with Crippen LogP contribution in [0.5, 0.6) is 0 Å². The first-order valence-electron chi connectivity index (χ1n) is 6.39. The molecular formula is C16H16Cl2OS. The van der Waals surface area contributed by atoms with Crippen LogP contribution in [0, 0.1) is 0 Å². The highest BCUT2D eigenvalue weighted by atomic mass is 35.5. The zero-order valence-electron chi connectivity index (χ0n) is 11.4. The lowest BCUT2D eigenvalue weighted by Crippen LogP contribution is -1.91. The fourth-order valence-corrected chi connectivity index (χ4v) is 3.66. The topological polar surface area (TPSA) is 20.2 Å². The average Bonchev–Trinajstić information content (AvgIpc) is 2.44. The van der Waals surface area contributed by atoms with Crippen molar-refractivity contribution in [2.75, 3.05) is 0 Å². The maximum atomic E-state index is 9.19. The molecule has 20 heavy (non-hydrogen) atoms. The van der Waals surface area contributed by atoms with E-state index < -0.39 is 0 Å². The molecule has 0 aliphatic heterocycles. The second-order valence-electron chi connectivity index (χ2n) is 4.80. The van der Waals surface area contributed by atoms with Gasteiger partial charge in [-0.3, -0.25) is 0 Å². The molecule has 0 spiro atoms. The normalized spacial score (nSPS) is 11.1. The number of halogens is 2. The first-order valence-corrected chi connectivity index (χ1v) is 7.96. The summed E-state index contributed by atoms with van der Waals surface area (Å²) >= 11 is 14.1. The minimum absolute atomic E-state index is 0.105. The van der Waals surface area contributed by atoms with Gasteiger partial charge in [0.2, 0.25) is 0 Å². The van der Waals surface area contributed by atoms with Gasteiger partial charge in [0.15, 0.2) is 0 Å². The molecule has 0 fully saturated rings. The van der Waals surface area contributed by atoms with Gasteiger partial charge in [0.25, 0.3) is 0 Å². The van der Waals surface area contributed by atoms with Crippen molar-refractivity contribution in [3.8, 4) is 0 Å². The van der Waals surface area contributed by atoms with Crippen LogP contribution in [-0.4, -0.2) is 5.11 Å². The molecule has 0 aliphatic rings. The van der Waals surface area contributed by atoms with Gasteiger partial charge in [0, 0.05) is 9.79 Å². The Balaban J connectivity index is 2.38. The van der Waals surface area contributed by atoms with E-state index >= 15 is 0 Å². The number of aliphatic hydroxyl groups is 1. The lowest BCUT2D eigenvalue weighted by atomic mass is 10.0. The first kappa shape index (κ1) is 15.7. The van der Waals surface area contributed by atoms with Crippen LogP contribution in [0.15, 0.2) is 46.2 Å². The first-order chi connectivity index (χ1) is 9.54. The van der Waals surface area contributed by atoms with Crippen LogP contribution >= 0.6 is 35.0 Å². The van der Waals surface area contributed by atoms with Gasteiger partial charge in [-0.05, 0) is 29.2 Å².